The number of rotatable bonds is 5. The second kappa shape index (κ2) is 7.22. The molecule has 0 amide bonds. The summed E-state index contributed by atoms with van der Waals surface area (Å²) in [6.07, 6.45) is 0. The molecule has 110 valence electrons. The number of hydrogen-bond donors (Lipinski definition) is 1. The van der Waals surface area contributed by atoms with E-state index in [1.807, 2.05) is 24.3 Å². The van der Waals surface area contributed by atoms with E-state index in [9.17, 15) is 9.18 Å². The molecule has 2 rings (SSSR count). The van der Waals surface area contributed by atoms with E-state index in [0.717, 1.165) is 10.0 Å². The van der Waals surface area contributed by atoms with Crippen LogP contribution in [-0.4, -0.2) is 12.6 Å². The lowest BCUT2D eigenvalue weighted by molar-refractivity contribution is -0.144. The maximum Gasteiger partial charge on any atom is 0.333 e. The van der Waals surface area contributed by atoms with E-state index < -0.39 is 6.04 Å². The SMILES string of the molecule is CCOC(=O)C(Nc1ccc(F)cc1)c1ccc(Br)cc1. The van der Waals surface area contributed by atoms with E-state index in [4.69, 9.17) is 4.74 Å². The Morgan fingerprint density at radius 1 is 1.19 bits per heavy atom. The van der Waals surface area contributed by atoms with Crippen molar-refractivity contribution in [1.29, 1.82) is 0 Å². The molecule has 0 aliphatic carbocycles. The first-order valence-electron chi connectivity index (χ1n) is 6.54. The third kappa shape index (κ3) is 4.29. The molecule has 1 unspecified atom stereocenters. The minimum absolute atomic E-state index is 0.303. The molecule has 0 aliphatic rings. The minimum atomic E-state index is -0.636. The van der Waals surface area contributed by atoms with Gasteiger partial charge in [-0.25, -0.2) is 9.18 Å². The number of carbonyl (C=O) groups is 1. The maximum absolute atomic E-state index is 12.9. The van der Waals surface area contributed by atoms with Crippen molar-refractivity contribution in [3.05, 3.63) is 64.4 Å². The van der Waals surface area contributed by atoms with Gasteiger partial charge in [0.15, 0.2) is 6.04 Å². The molecule has 0 fully saturated rings. The summed E-state index contributed by atoms with van der Waals surface area (Å²) in [6, 6.07) is 12.6. The third-order valence-corrected chi connectivity index (χ3v) is 3.41. The van der Waals surface area contributed by atoms with E-state index >= 15 is 0 Å². The van der Waals surface area contributed by atoms with Crippen LogP contribution in [0.25, 0.3) is 0 Å². The number of esters is 1. The molecule has 0 bridgehead atoms. The van der Waals surface area contributed by atoms with Gasteiger partial charge >= 0.3 is 5.97 Å². The van der Waals surface area contributed by atoms with Crippen molar-refractivity contribution in [1.82, 2.24) is 0 Å². The Hall–Kier alpha value is -1.88. The van der Waals surface area contributed by atoms with Crippen molar-refractivity contribution in [3.63, 3.8) is 0 Å². The van der Waals surface area contributed by atoms with Crippen molar-refractivity contribution in [3.8, 4) is 0 Å². The smallest absolute Gasteiger partial charge is 0.333 e. The highest BCUT2D eigenvalue weighted by atomic mass is 79.9. The number of ether oxygens (including phenoxy) is 1. The van der Waals surface area contributed by atoms with E-state index in [1.165, 1.54) is 12.1 Å². The van der Waals surface area contributed by atoms with E-state index in [1.54, 1.807) is 19.1 Å². The van der Waals surface area contributed by atoms with Crippen LogP contribution in [0.15, 0.2) is 53.0 Å². The topological polar surface area (TPSA) is 38.3 Å². The molecule has 5 heteroatoms. The summed E-state index contributed by atoms with van der Waals surface area (Å²) < 4.78 is 19.0. The van der Waals surface area contributed by atoms with E-state index in [0.29, 0.717) is 12.3 Å². The van der Waals surface area contributed by atoms with Gasteiger partial charge in [-0.1, -0.05) is 28.1 Å². The molecule has 0 spiro atoms. The molecule has 0 heterocycles. The summed E-state index contributed by atoms with van der Waals surface area (Å²) in [5.74, 6) is -0.693. The molecule has 21 heavy (non-hydrogen) atoms. The van der Waals surface area contributed by atoms with Crippen molar-refractivity contribution in [2.75, 3.05) is 11.9 Å². The zero-order chi connectivity index (χ0) is 15.2. The van der Waals surface area contributed by atoms with Crippen LogP contribution in [0, 0.1) is 5.82 Å². The van der Waals surface area contributed by atoms with Gasteiger partial charge in [0.25, 0.3) is 0 Å². The molecular formula is C16H15BrFNO2. The van der Waals surface area contributed by atoms with Crippen LogP contribution >= 0.6 is 15.9 Å². The van der Waals surface area contributed by atoms with E-state index in [-0.39, 0.29) is 11.8 Å². The largest absolute Gasteiger partial charge is 0.464 e. The van der Waals surface area contributed by atoms with Crippen molar-refractivity contribution >= 4 is 27.6 Å². The zero-order valence-corrected chi connectivity index (χ0v) is 13.1. The van der Waals surface area contributed by atoms with Gasteiger partial charge in [0.1, 0.15) is 5.82 Å². The zero-order valence-electron chi connectivity index (χ0n) is 11.5. The normalized spacial score (nSPS) is 11.8. The summed E-state index contributed by atoms with van der Waals surface area (Å²) >= 11 is 3.36. The standard InChI is InChI=1S/C16H15BrFNO2/c1-2-21-16(20)15(11-3-5-12(17)6-4-11)19-14-9-7-13(18)8-10-14/h3-10,15,19H,2H2,1H3. The highest BCUT2D eigenvalue weighted by molar-refractivity contribution is 9.10. The Bertz CT molecular complexity index is 599. The fourth-order valence-corrected chi connectivity index (χ4v) is 2.14. The Morgan fingerprint density at radius 2 is 1.81 bits per heavy atom. The molecule has 0 radical (unpaired) electrons. The fourth-order valence-electron chi connectivity index (χ4n) is 1.87. The van der Waals surface area contributed by atoms with Crippen LogP contribution in [0.4, 0.5) is 10.1 Å². The summed E-state index contributed by atoms with van der Waals surface area (Å²) in [7, 11) is 0. The molecule has 1 atom stereocenters. The van der Waals surface area contributed by atoms with Gasteiger partial charge in [0, 0.05) is 10.2 Å². The molecule has 2 aromatic carbocycles. The fraction of sp³-hybridized carbons (Fsp3) is 0.188. The van der Waals surface area contributed by atoms with Crippen molar-refractivity contribution in [2.45, 2.75) is 13.0 Å². The molecule has 1 N–H and O–H groups in total. The minimum Gasteiger partial charge on any atom is -0.464 e. The molecular weight excluding hydrogens is 337 g/mol. The van der Waals surface area contributed by atoms with Crippen LogP contribution in [0.1, 0.15) is 18.5 Å². The molecule has 2 aromatic rings. The van der Waals surface area contributed by atoms with Gasteiger partial charge in [-0.3, -0.25) is 0 Å². The highest BCUT2D eigenvalue weighted by Crippen LogP contribution is 2.23. The third-order valence-electron chi connectivity index (χ3n) is 2.88. The first kappa shape index (κ1) is 15.5. The number of carbonyl (C=O) groups excluding carboxylic acids is 1. The van der Waals surface area contributed by atoms with Gasteiger partial charge in [-0.15, -0.1) is 0 Å². The van der Waals surface area contributed by atoms with Crippen LogP contribution in [0.2, 0.25) is 0 Å². The number of hydrogen-bond acceptors (Lipinski definition) is 3. The second-order valence-electron chi connectivity index (χ2n) is 4.39. The van der Waals surface area contributed by atoms with Crippen LogP contribution in [0.3, 0.4) is 0 Å². The summed E-state index contributed by atoms with van der Waals surface area (Å²) in [4.78, 5) is 12.1. The quantitative estimate of drug-likeness (QED) is 0.816. The lowest BCUT2D eigenvalue weighted by atomic mass is 10.1. The second-order valence-corrected chi connectivity index (χ2v) is 5.30. The lowest BCUT2D eigenvalue weighted by Gasteiger charge is -2.19. The maximum atomic E-state index is 12.9. The molecule has 0 saturated carbocycles. The van der Waals surface area contributed by atoms with Gasteiger partial charge in [0.2, 0.25) is 0 Å². The van der Waals surface area contributed by atoms with Crippen LogP contribution in [-0.2, 0) is 9.53 Å². The number of halogens is 2. The average Bonchev–Trinajstić information content (AvgIpc) is 2.48. The summed E-state index contributed by atoms with van der Waals surface area (Å²) in [5.41, 5.74) is 1.43. The Kier molecular flexibility index (Phi) is 5.33. The van der Waals surface area contributed by atoms with Gasteiger partial charge in [-0.2, -0.15) is 0 Å². The lowest BCUT2D eigenvalue weighted by Crippen LogP contribution is -2.23. The van der Waals surface area contributed by atoms with Crippen LogP contribution in [0.5, 0.6) is 0 Å². The first-order chi connectivity index (χ1) is 10.1. The van der Waals surface area contributed by atoms with Crippen molar-refractivity contribution in [2.24, 2.45) is 0 Å². The van der Waals surface area contributed by atoms with Gasteiger partial charge in [-0.05, 0) is 48.9 Å². The Labute approximate surface area is 131 Å². The summed E-state index contributed by atoms with van der Waals surface area (Å²) in [5, 5.41) is 3.07. The Morgan fingerprint density at radius 3 is 2.38 bits per heavy atom. The monoisotopic (exact) mass is 351 g/mol. The predicted molar refractivity (Wildman–Crippen MR) is 83.5 cm³/mol. The first-order valence-corrected chi connectivity index (χ1v) is 7.33. The molecule has 0 aliphatic heterocycles. The predicted octanol–water partition coefficient (Wildman–Crippen LogP) is 4.30. The number of benzene rings is 2. The average molecular weight is 352 g/mol. The molecule has 0 saturated heterocycles. The van der Waals surface area contributed by atoms with E-state index in [2.05, 4.69) is 21.2 Å². The van der Waals surface area contributed by atoms with Crippen molar-refractivity contribution < 1.29 is 13.9 Å². The highest BCUT2D eigenvalue weighted by Gasteiger charge is 2.21. The van der Waals surface area contributed by atoms with Gasteiger partial charge < -0.3 is 10.1 Å². The van der Waals surface area contributed by atoms with Crippen LogP contribution < -0.4 is 5.32 Å². The molecule has 0 aromatic heterocycles. The summed E-state index contributed by atoms with van der Waals surface area (Å²) in [6.45, 7) is 2.06. The Balaban J connectivity index is 2.25. The molecule has 3 nitrogen and oxygen atoms in total. The number of nitrogens with one attached hydrogen (secondary N) is 1. The van der Waals surface area contributed by atoms with Gasteiger partial charge in [0.05, 0.1) is 6.61 Å². The number of anilines is 1.